The van der Waals surface area contributed by atoms with Crippen LogP contribution in [0.3, 0.4) is 0 Å². The Kier molecular flexibility index (Phi) is 4.93. The molecule has 1 amide bonds. The molecule has 1 aromatic carbocycles. The Balaban J connectivity index is 1.58. The predicted octanol–water partition coefficient (Wildman–Crippen LogP) is 3.33. The third-order valence-electron chi connectivity index (χ3n) is 5.00. The number of aryl methyl sites for hydroxylation is 1. The molecule has 0 saturated carbocycles. The van der Waals surface area contributed by atoms with Crippen LogP contribution >= 0.6 is 0 Å². The number of likely N-dealkylation sites (tertiary alicyclic amines) is 1. The van der Waals surface area contributed by atoms with Gasteiger partial charge in [0.25, 0.3) is 0 Å². The molecule has 2 heterocycles. The van der Waals surface area contributed by atoms with Gasteiger partial charge in [0.2, 0.25) is 5.91 Å². The highest BCUT2D eigenvalue weighted by molar-refractivity contribution is 5.79. The minimum Gasteiger partial charge on any atom is -0.481 e. The summed E-state index contributed by atoms with van der Waals surface area (Å²) in [4.78, 5) is 29.0. The Bertz CT molecular complexity index is 753. The zero-order valence-corrected chi connectivity index (χ0v) is 14.5. The predicted molar refractivity (Wildman–Crippen MR) is 96.1 cm³/mol. The van der Waals surface area contributed by atoms with Crippen LogP contribution in [0, 0.1) is 5.41 Å². The molecule has 0 aliphatic carbocycles. The summed E-state index contributed by atoms with van der Waals surface area (Å²) in [5.41, 5.74) is 2.36. The van der Waals surface area contributed by atoms with Crippen molar-refractivity contribution in [1.82, 2.24) is 9.88 Å². The van der Waals surface area contributed by atoms with E-state index in [1.165, 1.54) is 0 Å². The molecule has 0 radical (unpaired) electrons. The Morgan fingerprint density at radius 3 is 2.68 bits per heavy atom. The first-order chi connectivity index (χ1) is 12.0. The van der Waals surface area contributed by atoms with E-state index in [1.807, 2.05) is 42.5 Å². The molecule has 1 unspecified atom stereocenters. The lowest BCUT2D eigenvalue weighted by atomic mass is 9.82. The Morgan fingerprint density at radius 1 is 1.20 bits per heavy atom. The van der Waals surface area contributed by atoms with Gasteiger partial charge in [-0.3, -0.25) is 9.59 Å². The van der Waals surface area contributed by atoms with Gasteiger partial charge >= 0.3 is 5.97 Å². The van der Waals surface area contributed by atoms with Gasteiger partial charge in [-0.1, -0.05) is 30.3 Å². The number of carbonyl (C=O) groups is 2. The lowest BCUT2D eigenvalue weighted by Crippen LogP contribution is -2.48. The maximum atomic E-state index is 12.5. The number of carboxylic acids is 1. The first-order valence-corrected chi connectivity index (χ1v) is 8.72. The average molecular weight is 340 g/mol. The molecule has 0 bridgehead atoms. The number of carbonyl (C=O) groups excluding carboxylic acids is 1. The number of hydrogen-bond donors (Lipinski definition) is 2. The molecule has 1 fully saturated rings. The molecule has 1 aromatic heterocycles. The summed E-state index contributed by atoms with van der Waals surface area (Å²) in [5.74, 6) is -0.787. The maximum absolute atomic E-state index is 12.5. The first-order valence-electron chi connectivity index (χ1n) is 8.72. The van der Waals surface area contributed by atoms with Crippen molar-refractivity contribution in [2.24, 2.45) is 5.41 Å². The van der Waals surface area contributed by atoms with Crippen molar-refractivity contribution >= 4 is 11.9 Å². The number of aromatic nitrogens is 1. The van der Waals surface area contributed by atoms with E-state index in [1.54, 1.807) is 11.8 Å². The van der Waals surface area contributed by atoms with Crippen LogP contribution in [0.1, 0.15) is 31.9 Å². The van der Waals surface area contributed by atoms with E-state index in [9.17, 15) is 14.7 Å². The van der Waals surface area contributed by atoms with Gasteiger partial charge in [0.1, 0.15) is 0 Å². The molecule has 2 aromatic rings. The monoisotopic (exact) mass is 340 g/mol. The molecule has 1 aliphatic rings. The van der Waals surface area contributed by atoms with Crippen LogP contribution in [0.4, 0.5) is 0 Å². The summed E-state index contributed by atoms with van der Waals surface area (Å²) in [6.45, 7) is 2.69. The zero-order valence-electron chi connectivity index (χ0n) is 14.5. The van der Waals surface area contributed by atoms with E-state index < -0.39 is 11.4 Å². The van der Waals surface area contributed by atoms with E-state index in [2.05, 4.69) is 4.98 Å². The fraction of sp³-hybridized carbons (Fsp3) is 0.400. The highest BCUT2D eigenvalue weighted by Crippen LogP contribution is 2.30. The minimum absolute atomic E-state index is 0.0306. The average Bonchev–Trinajstić information content (AvgIpc) is 3.09. The maximum Gasteiger partial charge on any atom is 0.311 e. The molecule has 132 valence electrons. The van der Waals surface area contributed by atoms with Crippen LogP contribution in [0.25, 0.3) is 11.3 Å². The van der Waals surface area contributed by atoms with Crippen molar-refractivity contribution in [3.8, 4) is 11.3 Å². The van der Waals surface area contributed by atoms with Gasteiger partial charge in [-0.25, -0.2) is 0 Å². The van der Waals surface area contributed by atoms with Crippen LogP contribution in [0.2, 0.25) is 0 Å². The largest absolute Gasteiger partial charge is 0.481 e. The Morgan fingerprint density at radius 2 is 1.96 bits per heavy atom. The smallest absolute Gasteiger partial charge is 0.311 e. The second kappa shape index (κ2) is 7.13. The van der Waals surface area contributed by atoms with Gasteiger partial charge < -0.3 is 15.0 Å². The van der Waals surface area contributed by atoms with Gasteiger partial charge in [-0.05, 0) is 43.9 Å². The molecule has 5 heteroatoms. The Labute approximate surface area is 147 Å². The summed E-state index contributed by atoms with van der Waals surface area (Å²) in [7, 11) is 0. The number of H-pyrrole nitrogens is 1. The topological polar surface area (TPSA) is 73.4 Å². The molecule has 1 aliphatic heterocycles. The molecule has 0 spiro atoms. The molecule has 1 atom stereocenters. The number of amides is 1. The van der Waals surface area contributed by atoms with Gasteiger partial charge in [0.05, 0.1) is 5.41 Å². The second-order valence-corrected chi connectivity index (χ2v) is 7.05. The number of benzene rings is 1. The first kappa shape index (κ1) is 17.3. The van der Waals surface area contributed by atoms with Gasteiger partial charge in [-0.2, -0.15) is 0 Å². The number of carboxylic acid groups (broad SMARTS) is 1. The third-order valence-corrected chi connectivity index (χ3v) is 5.00. The third kappa shape index (κ3) is 3.92. The van der Waals surface area contributed by atoms with Crippen molar-refractivity contribution in [3.05, 3.63) is 48.2 Å². The Hall–Kier alpha value is -2.56. The molecule has 2 N–H and O–H groups in total. The van der Waals surface area contributed by atoms with Gasteiger partial charge in [0, 0.05) is 30.9 Å². The van der Waals surface area contributed by atoms with Crippen LogP contribution in [-0.4, -0.2) is 40.0 Å². The summed E-state index contributed by atoms with van der Waals surface area (Å²) in [6.07, 6.45) is 2.40. The lowest BCUT2D eigenvalue weighted by Gasteiger charge is -2.37. The van der Waals surface area contributed by atoms with Crippen LogP contribution < -0.4 is 0 Å². The standard InChI is InChI=1S/C20H24N2O3/c1-20(19(24)25)12-5-13-22(14-20)18(23)11-9-16-8-10-17(21-16)15-6-3-2-4-7-15/h2-4,6-8,10,21H,5,9,11-14H2,1H3,(H,24,25). The quantitative estimate of drug-likeness (QED) is 0.877. The zero-order chi connectivity index (χ0) is 17.9. The van der Waals surface area contributed by atoms with E-state index >= 15 is 0 Å². The molecule has 3 rings (SSSR count). The van der Waals surface area contributed by atoms with Crippen molar-refractivity contribution in [2.75, 3.05) is 13.1 Å². The summed E-state index contributed by atoms with van der Waals surface area (Å²) in [5, 5.41) is 9.37. The fourth-order valence-electron chi connectivity index (χ4n) is 3.40. The number of aliphatic carboxylic acids is 1. The lowest BCUT2D eigenvalue weighted by molar-refractivity contribution is -0.153. The van der Waals surface area contributed by atoms with Gasteiger partial charge in [-0.15, -0.1) is 0 Å². The van der Waals surface area contributed by atoms with E-state index in [0.717, 1.165) is 23.4 Å². The number of nitrogens with one attached hydrogen (secondary N) is 1. The molecule has 25 heavy (non-hydrogen) atoms. The highest BCUT2D eigenvalue weighted by atomic mass is 16.4. The number of piperidine rings is 1. The molecular weight excluding hydrogens is 316 g/mol. The summed E-state index contributed by atoms with van der Waals surface area (Å²) >= 11 is 0. The van der Waals surface area contributed by atoms with Crippen LogP contribution in [-0.2, 0) is 16.0 Å². The van der Waals surface area contributed by atoms with Crippen molar-refractivity contribution in [3.63, 3.8) is 0 Å². The number of hydrogen-bond acceptors (Lipinski definition) is 2. The molecule has 5 nitrogen and oxygen atoms in total. The number of rotatable bonds is 5. The summed E-state index contributed by atoms with van der Waals surface area (Å²) in [6, 6.07) is 14.1. The van der Waals surface area contributed by atoms with Crippen LogP contribution in [0.15, 0.2) is 42.5 Å². The van der Waals surface area contributed by atoms with E-state index in [4.69, 9.17) is 0 Å². The minimum atomic E-state index is -0.819. The van der Waals surface area contributed by atoms with Crippen molar-refractivity contribution in [1.29, 1.82) is 0 Å². The molecule has 1 saturated heterocycles. The van der Waals surface area contributed by atoms with Crippen molar-refractivity contribution < 1.29 is 14.7 Å². The summed E-state index contributed by atoms with van der Waals surface area (Å²) < 4.78 is 0. The van der Waals surface area contributed by atoms with E-state index in [-0.39, 0.29) is 5.91 Å². The van der Waals surface area contributed by atoms with Gasteiger partial charge in [0.15, 0.2) is 0 Å². The van der Waals surface area contributed by atoms with Crippen molar-refractivity contribution in [2.45, 2.75) is 32.6 Å². The normalized spacial score (nSPS) is 20.4. The molecular formula is C20H24N2O3. The number of aromatic amines is 1. The SMILES string of the molecule is CC1(C(=O)O)CCCN(C(=O)CCc2ccc(-c3ccccc3)[nH]2)C1. The number of nitrogens with zero attached hydrogens (tertiary/aromatic N) is 1. The highest BCUT2D eigenvalue weighted by Gasteiger charge is 2.39. The second-order valence-electron chi connectivity index (χ2n) is 7.05. The van der Waals surface area contributed by atoms with E-state index in [0.29, 0.717) is 32.4 Å². The van der Waals surface area contributed by atoms with Crippen LogP contribution in [0.5, 0.6) is 0 Å². The fourth-order valence-corrected chi connectivity index (χ4v) is 3.40.